The maximum Gasteiger partial charge on any atom is 0.338 e. The van der Waals surface area contributed by atoms with E-state index in [0.29, 0.717) is 29.4 Å². The van der Waals surface area contributed by atoms with E-state index in [1.807, 2.05) is 0 Å². The fraction of sp³-hybridized carbons (Fsp3) is 0.333. The number of methoxy groups -OCH3 is 1. The van der Waals surface area contributed by atoms with E-state index < -0.39 is 18.0 Å². The predicted octanol–water partition coefficient (Wildman–Crippen LogP) is 4.06. The Hall–Kier alpha value is -3.02. The summed E-state index contributed by atoms with van der Waals surface area (Å²) in [7, 11) is 1.57. The van der Waals surface area contributed by atoms with E-state index in [1.54, 1.807) is 55.6 Å². The van der Waals surface area contributed by atoms with Gasteiger partial charge in [-0.05, 0) is 61.9 Å². The molecule has 144 valence electrons. The van der Waals surface area contributed by atoms with Crippen molar-refractivity contribution in [1.29, 1.82) is 0 Å². The molecule has 1 N–H and O–H groups in total. The third-order valence-corrected chi connectivity index (χ3v) is 3.87. The highest BCUT2D eigenvalue weighted by atomic mass is 16.5. The van der Waals surface area contributed by atoms with Crippen LogP contribution in [-0.4, -0.2) is 31.7 Å². The van der Waals surface area contributed by atoms with E-state index in [-0.39, 0.29) is 0 Å². The molecule has 27 heavy (non-hydrogen) atoms. The summed E-state index contributed by atoms with van der Waals surface area (Å²) < 4.78 is 15.9. The van der Waals surface area contributed by atoms with Crippen LogP contribution >= 0.6 is 0 Å². The molecule has 0 fully saturated rings. The zero-order chi connectivity index (χ0) is 19.6. The maximum absolute atomic E-state index is 12.2. The minimum Gasteiger partial charge on any atom is -0.497 e. The van der Waals surface area contributed by atoms with Gasteiger partial charge in [-0.2, -0.15) is 0 Å². The van der Waals surface area contributed by atoms with Crippen LogP contribution in [0.1, 0.15) is 37.0 Å². The first kappa shape index (κ1) is 20.3. The lowest BCUT2D eigenvalue weighted by molar-refractivity contribution is -0.123. The molecule has 1 amide bonds. The third-order valence-electron chi connectivity index (χ3n) is 3.87. The lowest BCUT2D eigenvalue weighted by Gasteiger charge is -2.14. The van der Waals surface area contributed by atoms with Gasteiger partial charge in [0, 0.05) is 5.69 Å². The highest BCUT2D eigenvalue weighted by Gasteiger charge is 2.19. The van der Waals surface area contributed by atoms with Gasteiger partial charge < -0.3 is 19.5 Å². The molecular formula is C21H25NO5. The lowest BCUT2D eigenvalue weighted by Crippen LogP contribution is -2.29. The van der Waals surface area contributed by atoms with E-state index >= 15 is 0 Å². The van der Waals surface area contributed by atoms with Crippen LogP contribution in [-0.2, 0) is 9.53 Å². The molecule has 6 heteroatoms. The van der Waals surface area contributed by atoms with Gasteiger partial charge in [-0.3, -0.25) is 4.79 Å². The van der Waals surface area contributed by atoms with Crippen LogP contribution in [0.5, 0.6) is 11.5 Å². The summed E-state index contributed by atoms with van der Waals surface area (Å²) >= 11 is 0. The number of nitrogens with one attached hydrogen (secondary N) is 1. The van der Waals surface area contributed by atoms with Crippen LogP contribution in [0.2, 0.25) is 0 Å². The summed E-state index contributed by atoms with van der Waals surface area (Å²) in [5, 5.41) is 2.70. The highest BCUT2D eigenvalue weighted by molar-refractivity contribution is 5.97. The molecule has 0 aliphatic heterocycles. The molecule has 0 aliphatic carbocycles. The number of carbonyl (C=O) groups is 2. The van der Waals surface area contributed by atoms with Gasteiger partial charge in [0.1, 0.15) is 11.5 Å². The van der Waals surface area contributed by atoms with E-state index in [0.717, 1.165) is 12.8 Å². The van der Waals surface area contributed by atoms with Gasteiger partial charge in [-0.15, -0.1) is 0 Å². The Labute approximate surface area is 159 Å². The van der Waals surface area contributed by atoms with Gasteiger partial charge in [-0.25, -0.2) is 4.79 Å². The topological polar surface area (TPSA) is 73.9 Å². The fourth-order valence-corrected chi connectivity index (χ4v) is 2.22. The summed E-state index contributed by atoms with van der Waals surface area (Å²) in [4.78, 5) is 24.4. The van der Waals surface area contributed by atoms with Gasteiger partial charge in [0.25, 0.3) is 5.91 Å². The van der Waals surface area contributed by atoms with Crippen molar-refractivity contribution in [3.8, 4) is 11.5 Å². The quantitative estimate of drug-likeness (QED) is 0.531. The van der Waals surface area contributed by atoms with Crippen molar-refractivity contribution >= 4 is 17.6 Å². The molecule has 0 spiro atoms. The third kappa shape index (κ3) is 6.33. The van der Waals surface area contributed by atoms with E-state index in [2.05, 4.69) is 12.2 Å². The number of amides is 1. The Kier molecular flexibility index (Phi) is 7.67. The number of hydrogen-bond donors (Lipinski definition) is 1. The molecule has 0 saturated heterocycles. The second kappa shape index (κ2) is 10.2. The van der Waals surface area contributed by atoms with Crippen LogP contribution in [0.25, 0.3) is 0 Å². The first-order valence-electron chi connectivity index (χ1n) is 8.92. The molecule has 0 bridgehead atoms. The number of ether oxygens (including phenoxy) is 3. The van der Waals surface area contributed by atoms with Crippen molar-refractivity contribution < 1.29 is 23.8 Å². The average molecular weight is 371 g/mol. The molecule has 2 rings (SSSR count). The van der Waals surface area contributed by atoms with E-state index in [9.17, 15) is 9.59 Å². The maximum atomic E-state index is 12.2. The number of rotatable bonds is 9. The molecule has 1 atom stereocenters. The lowest BCUT2D eigenvalue weighted by atomic mass is 10.2. The molecule has 0 saturated carbocycles. The smallest absolute Gasteiger partial charge is 0.338 e. The molecule has 0 radical (unpaired) electrons. The Bertz CT molecular complexity index is 740. The van der Waals surface area contributed by atoms with Gasteiger partial charge in [0.05, 0.1) is 19.3 Å². The van der Waals surface area contributed by atoms with Crippen LogP contribution in [0.4, 0.5) is 5.69 Å². The number of unbranched alkanes of at least 4 members (excludes halogenated alkanes) is 1. The van der Waals surface area contributed by atoms with Crippen molar-refractivity contribution in [2.75, 3.05) is 19.0 Å². The average Bonchev–Trinajstić information content (AvgIpc) is 2.69. The second-order valence-electron chi connectivity index (χ2n) is 5.99. The largest absolute Gasteiger partial charge is 0.497 e. The van der Waals surface area contributed by atoms with Gasteiger partial charge in [0.2, 0.25) is 0 Å². The SMILES string of the molecule is CCCCOc1ccc(C(=O)OC(C)C(=O)Nc2ccc(OC)cc2)cc1. The van der Waals surface area contributed by atoms with E-state index in [1.165, 1.54) is 6.92 Å². The van der Waals surface area contributed by atoms with Crippen LogP contribution in [0.15, 0.2) is 48.5 Å². The van der Waals surface area contributed by atoms with Crippen molar-refractivity contribution in [2.45, 2.75) is 32.8 Å². The van der Waals surface area contributed by atoms with Crippen molar-refractivity contribution in [1.82, 2.24) is 0 Å². The van der Waals surface area contributed by atoms with Crippen LogP contribution in [0.3, 0.4) is 0 Å². The Morgan fingerprint density at radius 1 is 1.00 bits per heavy atom. The predicted molar refractivity (Wildman–Crippen MR) is 103 cm³/mol. The van der Waals surface area contributed by atoms with Crippen molar-refractivity contribution in [2.24, 2.45) is 0 Å². The van der Waals surface area contributed by atoms with Crippen molar-refractivity contribution in [3.63, 3.8) is 0 Å². The summed E-state index contributed by atoms with van der Waals surface area (Å²) in [5.41, 5.74) is 0.958. The number of esters is 1. The first-order valence-corrected chi connectivity index (χ1v) is 8.92. The zero-order valence-electron chi connectivity index (χ0n) is 15.9. The molecule has 2 aromatic rings. The summed E-state index contributed by atoms with van der Waals surface area (Å²) in [5.74, 6) is 0.417. The molecule has 2 aromatic carbocycles. The number of hydrogen-bond acceptors (Lipinski definition) is 5. The second-order valence-corrected chi connectivity index (χ2v) is 5.99. The summed E-state index contributed by atoms with van der Waals surface area (Å²) in [6.45, 7) is 4.26. The van der Waals surface area contributed by atoms with E-state index in [4.69, 9.17) is 14.2 Å². The standard InChI is InChI=1S/C21H25NO5/c1-4-5-14-26-19-10-6-16(7-11-19)21(24)27-15(2)20(23)22-17-8-12-18(25-3)13-9-17/h6-13,15H,4-5,14H2,1-3H3,(H,22,23). The molecule has 0 aromatic heterocycles. The number of anilines is 1. The Morgan fingerprint density at radius 2 is 1.63 bits per heavy atom. The highest BCUT2D eigenvalue weighted by Crippen LogP contribution is 2.16. The molecule has 0 aliphatic rings. The van der Waals surface area contributed by atoms with Gasteiger partial charge in [-0.1, -0.05) is 13.3 Å². The monoisotopic (exact) mass is 371 g/mol. The van der Waals surface area contributed by atoms with Crippen LogP contribution in [0, 0.1) is 0 Å². The minimum atomic E-state index is -0.930. The Morgan fingerprint density at radius 3 is 2.22 bits per heavy atom. The Balaban J connectivity index is 1.86. The fourth-order valence-electron chi connectivity index (χ4n) is 2.22. The molecular weight excluding hydrogens is 346 g/mol. The minimum absolute atomic E-state index is 0.363. The molecule has 6 nitrogen and oxygen atoms in total. The first-order chi connectivity index (χ1) is 13.0. The van der Waals surface area contributed by atoms with Crippen LogP contribution < -0.4 is 14.8 Å². The molecule has 0 heterocycles. The number of carbonyl (C=O) groups excluding carboxylic acids is 2. The number of benzene rings is 2. The zero-order valence-corrected chi connectivity index (χ0v) is 15.9. The normalized spacial score (nSPS) is 11.4. The summed E-state index contributed by atoms with van der Waals surface area (Å²) in [6.07, 6.45) is 1.10. The van der Waals surface area contributed by atoms with Gasteiger partial charge in [0.15, 0.2) is 6.10 Å². The van der Waals surface area contributed by atoms with Gasteiger partial charge >= 0.3 is 5.97 Å². The molecule has 1 unspecified atom stereocenters. The summed E-state index contributed by atoms with van der Waals surface area (Å²) in [6, 6.07) is 13.6. The van der Waals surface area contributed by atoms with Crippen molar-refractivity contribution in [3.05, 3.63) is 54.1 Å².